The number of carbonyl (C=O) groups is 1. The summed E-state index contributed by atoms with van der Waals surface area (Å²) in [5.41, 5.74) is -0.515. The van der Waals surface area contributed by atoms with Crippen LogP contribution < -0.4 is 0 Å². The zero-order valence-electron chi connectivity index (χ0n) is 10.5. The summed E-state index contributed by atoms with van der Waals surface area (Å²) in [4.78, 5) is 15.0. The summed E-state index contributed by atoms with van der Waals surface area (Å²) in [6.07, 6.45) is 2.49. The molecule has 1 aliphatic heterocycles. The van der Waals surface area contributed by atoms with Crippen LogP contribution in [-0.4, -0.2) is 29.1 Å². The molecule has 0 aromatic carbocycles. The van der Waals surface area contributed by atoms with Gasteiger partial charge in [0.15, 0.2) is 0 Å². The predicted molar refractivity (Wildman–Crippen MR) is 76.9 cm³/mol. The van der Waals surface area contributed by atoms with Crippen LogP contribution in [0.4, 0.5) is 0 Å². The number of hydrogen-bond donors (Lipinski definition) is 1. The van der Waals surface area contributed by atoms with E-state index in [1.807, 2.05) is 6.07 Å². The van der Waals surface area contributed by atoms with Crippen LogP contribution in [0.15, 0.2) is 15.9 Å². The molecule has 0 bridgehead atoms. The maximum absolute atomic E-state index is 11.5. The normalized spacial score (nSPS) is 24.6. The third kappa shape index (κ3) is 2.78. The maximum Gasteiger partial charge on any atom is 0.310 e. The fourth-order valence-corrected chi connectivity index (χ4v) is 4.22. The van der Waals surface area contributed by atoms with E-state index < -0.39 is 11.4 Å². The number of carboxylic acids is 1. The van der Waals surface area contributed by atoms with Crippen molar-refractivity contribution in [2.24, 2.45) is 5.41 Å². The van der Waals surface area contributed by atoms with Crippen LogP contribution in [0.3, 0.4) is 0 Å². The fourth-order valence-electron chi connectivity index (χ4n) is 2.70. The minimum absolute atomic E-state index is 0.515. The van der Waals surface area contributed by atoms with Crippen molar-refractivity contribution >= 4 is 33.2 Å². The lowest BCUT2D eigenvalue weighted by molar-refractivity contribution is -0.148. The molecule has 100 valence electrons. The van der Waals surface area contributed by atoms with Gasteiger partial charge in [0.05, 0.1) is 5.41 Å². The topological polar surface area (TPSA) is 40.5 Å². The van der Waals surface area contributed by atoms with Gasteiger partial charge in [-0.2, -0.15) is 0 Å². The highest BCUT2D eigenvalue weighted by atomic mass is 79.9. The van der Waals surface area contributed by atoms with Crippen molar-refractivity contribution in [3.63, 3.8) is 0 Å². The highest BCUT2D eigenvalue weighted by Crippen LogP contribution is 2.37. The first-order valence-corrected chi connectivity index (χ1v) is 7.92. The van der Waals surface area contributed by atoms with E-state index in [2.05, 4.69) is 33.1 Å². The van der Waals surface area contributed by atoms with E-state index in [0.717, 1.165) is 36.8 Å². The molecule has 1 aromatic rings. The SMILES string of the molecule is CCCC1(C(=O)O)CCN(Cc2sccc2Br)C1. The molecule has 0 spiro atoms. The highest BCUT2D eigenvalue weighted by molar-refractivity contribution is 9.10. The van der Waals surface area contributed by atoms with Crippen molar-refractivity contribution in [2.45, 2.75) is 32.7 Å². The highest BCUT2D eigenvalue weighted by Gasteiger charge is 2.43. The monoisotopic (exact) mass is 331 g/mol. The second-order valence-corrected chi connectivity index (χ2v) is 6.84. The Morgan fingerprint density at radius 3 is 3.00 bits per heavy atom. The van der Waals surface area contributed by atoms with Gasteiger partial charge >= 0.3 is 5.97 Å². The maximum atomic E-state index is 11.5. The molecule has 1 fully saturated rings. The van der Waals surface area contributed by atoms with Crippen molar-refractivity contribution in [3.8, 4) is 0 Å². The van der Waals surface area contributed by atoms with Gasteiger partial charge in [-0.05, 0) is 46.8 Å². The largest absolute Gasteiger partial charge is 0.481 e. The van der Waals surface area contributed by atoms with E-state index in [1.165, 1.54) is 4.88 Å². The second kappa shape index (κ2) is 5.72. The lowest BCUT2D eigenvalue weighted by Gasteiger charge is -2.24. The molecule has 5 heteroatoms. The Labute approximate surface area is 120 Å². The van der Waals surface area contributed by atoms with E-state index in [0.29, 0.717) is 6.54 Å². The van der Waals surface area contributed by atoms with E-state index in [1.54, 1.807) is 11.3 Å². The summed E-state index contributed by atoms with van der Waals surface area (Å²) >= 11 is 5.25. The van der Waals surface area contributed by atoms with Crippen molar-refractivity contribution in [1.29, 1.82) is 0 Å². The Balaban J connectivity index is 2.03. The third-order valence-corrected chi connectivity index (χ3v) is 5.58. The second-order valence-electron chi connectivity index (χ2n) is 4.99. The molecule has 0 amide bonds. The summed E-state index contributed by atoms with van der Waals surface area (Å²) in [6, 6.07) is 2.05. The van der Waals surface area contributed by atoms with Gasteiger partial charge in [-0.3, -0.25) is 9.69 Å². The van der Waals surface area contributed by atoms with Gasteiger partial charge in [-0.1, -0.05) is 13.3 Å². The smallest absolute Gasteiger partial charge is 0.310 e. The number of hydrogen-bond acceptors (Lipinski definition) is 3. The summed E-state index contributed by atoms with van der Waals surface area (Å²) < 4.78 is 1.14. The Kier molecular flexibility index (Phi) is 4.45. The lowest BCUT2D eigenvalue weighted by atomic mass is 9.83. The van der Waals surface area contributed by atoms with Gasteiger partial charge in [-0.25, -0.2) is 0 Å². The Bertz CT molecular complexity index is 434. The minimum Gasteiger partial charge on any atom is -0.481 e. The number of carboxylic acid groups (broad SMARTS) is 1. The lowest BCUT2D eigenvalue weighted by Crippen LogP contribution is -2.34. The number of aliphatic carboxylic acids is 1. The molecule has 0 radical (unpaired) electrons. The number of nitrogens with zero attached hydrogens (tertiary/aromatic N) is 1. The van der Waals surface area contributed by atoms with E-state index >= 15 is 0 Å². The molecule has 1 aliphatic rings. The molecule has 2 rings (SSSR count). The average Bonchev–Trinajstić information content (AvgIpc) is 2.89. The summed E-state index contributed by atoms with van der Waals surface area (Å²) in [5, 5.41) is 11.5. The van der Waals surface area contributed by atoms with E-state index in [-0.39, 0.29) is 0 Å². The number of rotatable bonds is 5. The molecular weight excluding hydrogens is 314 g/mol. The standard InChI is InChI=1S/C13H18BrNO2S/c1-2-4-13(12(16)17)5-6-15(9-13)8-11-10(14)3-7-18-11/h3,7H,2,4-6,8-9H2,1H3,(H,16,17). The minimum atomic E-state index is -0.628. The van der Waals surface area contributed by atoms with Crippen LogP contribution in [0.1, 0.15) is 31.1 Å². The first kappa shape index (κ1) is 14.0. The molecule has 0 aliphatic carbocycles. The van der Waals surface area contributed by atoms with Gasteiger partial charge in [-0.15, -0.1) is 11.3 Å². The van der Waals surface area contributed by atoms with E-state index in [4.69, 9.17) is 0 Å². The molecular formula is C13H18BrNO2S. The quantitative estimate of drug-likeness (QED) is 0.896. The summed E-state index contributed by atoms with van der Waals surface area (Å²) in [7, 11) is 0. The van der Waals surface area contributed by atoms with Crippen LogP contribution in [0, 0.1) is 5.41 Å². The summed E-state index contributed by atoms with van der Waals surface area (Å²) in [5.74, 6) is -0.628. The number of halogens is 1. The van der Waals surface area contributed by atoms with Crippen molar-refractivity contribution < 1.29 is 9.90 Å². The van der Waals surface area contributed by atoms with Crippen molar-refractivity contribution in [1.82, 2.24) is 4.90 Å². The van der Waals surface area contributed by atoms with Crippen molar-refractivity contribution in [3.05, 3.63) is 20.8 Å². The molecule has 1 atom stereocenters. The van der Waals surface area contributed by atoms with Crippen LogP contribution in [0.2, 0.25) is 0 Å². The zero-order valence-corrected chi connectivity index (χ0v) is 12.9. The van der Waals surface area contributed by atoms with Gasteiger partial charge < -0.3 is 5.11 Å². The first-order chi connectivity index (χ1) is 8.57. The summed E-state index contributed by atoms with van der Waals surface area (Å²) in [6.45, 7) is 4.48. The Morgan fingerprint density at radius 2 is 2.44 bits per heavy atom. The molecule has 3 nitrogen and oxygen atoms in total. The molecule has 1 aromatic heterocycles. The average molecular weight is 332 g/mol. The molecule has 0 saturated carbocycles. The predicted octanol–water partition coefficient (Wildman–Crippen LogP) is 3.59. The molecule has 1 saturated heterocycles. The van der Waals surface area contributed by atoms with Crippen LogP contribution in [0.25, 0.3) is 0 Å². The zero-order chi connectivity index (χ0) is 13.2. The van der Waals surface area contributed by atoms with Gasteiger partial charge in [0, 0.05) is 22.4 Å². The molecule has 18 heavy (non-hydrogen) atoms. The first-order valence-electron chi connectivity index (χ1n) is 6.25. The fraction of sp³-hybridized carbons (Fsp3) is 0.615. The number of thiophene rings is 1. The molecule has 1 N–H and O–H groups in total. The Hall–Kier alpha value is -0.390. The molecule has 2 heterocycles. The van der Waals surface area contributed by atoms with Gasteiger partial charge in [0.1, 0.15) is 0 Å². The van der Waals surface area contributed by atoms with Crippen LogP contribution >= 0.6 is 27.3 Å². The molecule has 1 unspecified atom stereocenters. The van der Waals surface area contributed by atoms with E-state index in [9.17, 15) is 9.90 Å². The van der Waals surface area contributed by atoms with Gasteiger partial charge in [0.2, 0.25) is 0 Å². The Morgan fingerprint density at radius 1 is 1.67 bits per heavy atom. The van der Waals surface area contributed by atoms with Crippen LogP contribution in [-0.2, 0) is 11.3 Å². The third-order valence-electron chi connectivity index (χ3n) is 3.67. The van der Waals surface area contributed by atoms with Crippen LogP contribution in [0.5, 0.6) is 0 Å². The number of likely N-dealkylation sites (tertiary alicyclic amines) is 1. The van der Waals surface area contributed by atoms with Gasteiger partial charge in [0.25, 0.3) is 0 Å². The van der Waals surface area contributed by atoms with Crippen molar-refractivity contribution in [2.75, 3.05) is 13.1 Å².